The molecule has 0 amide bonds. The van der Waals surface area contributed by atoms with Gasteiger partial charge in [-0.25, -0.2) is 13.2 Å². The van der Waals surface area contributed by atoms with Gasteiger partial charge in [-0.15, -0.1) is 0 Å². The van der Waals surface area contributed by atoms with Gasteiger partial charge in [0.1, 0.15) is 4.90 Å². The van der Waals surface area contributed by atoms with Crippen LogP contribution in [-0.4, -0.2) is 59.8 Å². The third kappa shape index (κ3) is 2.48. The number of morpholine rings is 1. The zero-order chi connectivity index (χ0) is 14.2. The molecule has 2 rings (SSSR count). The van der Waals surface area contributed by atoms with Gasteiger partial charge in [0.05, 0.1) is 24.5 Å². The summed E-state index contributed by atoms with van der Waals surface area (Å²) in [5, 5.41) is 15.4. The van der Waals surface area contributed by atoms with Crippen LogP contribution in [0.3, 0.4) is 0 Å². The van der Waals surface area contributed by atoms with E-state index in [1.807, 2.05) is 0 Å². The Morgan fingerprint density at radius 2 is 2.21 bits per heavy atom. The van der Waals surface area contributed by atoms with E-state index in [-0.39, 0.29) is 24.6 Å². The molecule has 2 heterocycles. The number of nitrogens with zero attached hydrogens (tertiary/aromatic N) is 2. The molecule has 0 aromatic carbocycles. The Balaban J connectivity index is 2.32. The van der Waals surface area contributed by atoms with Crippen molar-refractivity contribution in [3.8, 4) is 0 Å². The molecule has 1 unspecified atom stereocenters. The van der Waals surface area contributed by atoms with Crippen LogP contribution in [0.4, 0.5) is 0 Å². The van der Waals surface area contributed by atoms with Gasteiger partial charge in [0, 0.05) is 6.54 Å². The molecule has 106 valence electrons. The molecule has 1 atom stereocenters. The topological polar surface area (TPSA) is 113 Å². The predicted octanol–water partition coefficient (Wildman–Crippen LogP) is -0.499. The van der Waals surface area contributed by atoms with E-state index in [4.69, 9.17) is 9.84 Å². The molecular formula is C10H15N3O5S. The molecule has 0 spiro atoms. The first-order chi connectivity index (χ1) is 8.84. The van der Waals surface area contributed by atoms with Crippen LogP contribution in [0.25, 0.3) is 0 Å². The summed E-state index contributed by atoms with van der Waals surface area (Å²) in [5.41, 5.74) is 0.812. The number of H-pyrrole nitrogens is 1. The summed E-state index contributed by atoms with van der Waals surface area (Å²) in [4.78, 5) is 11.0. The molecule has 2 N–H and O–H groups in total. The molecule has 0 saturated carbocycles. The van der Waals surface area contributed by atoms with E-state index in [1.54, 1.807) is 13.8 Å². The van der Waals surface area contributed by atoms with Gasteiger partial charge in [0.25, 0.3) is 0 Å². The molecule has 0 aliphatic carbocycles. The van der Waals surface area contributed by atoms with Crippen molar-refractivity contribution in [1.29, 1.82) is 0 Å². The van der Waals surface area contributed by atoms with Crippen molar-refractivity contribution < 1.29 is 23.1 Å². The molecule has 0 bridgehead atoms. The maximum absolute atomic E-state index is 12.5. The number of ether oxygens (including phenoxy) is 1. The van der Waals surface area contributed by atoms with Crippen LogP contribution in [0.5, 0.6) is 0 Å². The summed E-state index contributed by atoms with van der Waals surface area (Å²) in [7, 11) is -3.75. The molecule has 0 radical (unpaired) electrons. The predicted molar refractivity (Wildman–Crippen MR) is 64.2 cm³/mol. The number of carboxylic acids is 1. The fourth-order valence-electron chi connectivity index (χ4n) is 2.04. The minimum absolute atomic E-state index is 0.0617. The maximum Gasteiger partial charge on any atom is 0.334 e. The van der Waals surface area contributed by atoms with Gasteiger partial charge < -0.3 is 9.84 Å². The largest absolute Gasteiger partial charge is 0.479 e. The van der Waals surface area contributed by atoms with Gasteiger partial charge >= 0.3 is 5.97 Å². The summed E-state index contributed by atoms with van der Waals surface area (Å²) < 4.78 is 31.1. The Morgan fingerprint density at radius 1 is 1.53 bits per heavy atom. The number of sulfonamides is 1. The van der Waals surface area contributed by atoms with Crippen LogP contribution in [0.15, 0.2) is 4.90 Å². The van der Waals surface area contributed by atoms with Gasteiger partial charge in [-0.05, 0) is 13.8 Å². The Kier molecular flexibility index (Phi) is 3.61. The highest BCUT2D eigenvalue weighted by atomic mass is 32.2. The minimum Gasteiger partial charge on any atom is -0.479 e. The zero-order valence-corrected chi connectivity index (χ0v) is 11.4. The fourth-order valence-corrected chi connectivity index (χ4v) is 3.80. The standard InChI is InChI=1S/C10H15N3O5S/c1-6-9(7(2)12-11-6)19(16,17)13-3-4-18-8(5-13)10(14)15/h8H,3-5H2,1-2H3,(H,11,12)(H,14,15). The molecule has 19 heavy (non-hydrogen) atoms. The first-order valence-electron chi connectivity index (χ1n) is 5.70. The van der Waals surface area contributed by atoms with Crippen molar-refractivity contribution in [3.63, 3.8) is 0 Å². The molecule has 1 saturated heterocycles. The Morgan fingerprint density at radius 3 is 2.74 bits per heavy atom. The van der Waals surface area contributed by atoms with Crippen LogP contribution in [0.1, 0.15) is 11.4 Å². The van der Waals surface area contributed by atoms with Crippen molar-refractivity contribution in [3.05, 3.63) is 11.4 Å². The number of aliphatic carboxylic acids is 1. The molecule has 1 fully saturated rings. The average molecular weight is 289 g/mol. The second kappa shape index (κ2) is 4.91. The van der Waals surface area contributed by atoms with Gasteiger partial charge in [0.15, 0.2) is 6.10 Å². The lowest BCUT2D eigenvalue weighted by Crippen LogP contribution is -2.48. The lowest BCUT2D eigenvalue weighted by Gasteiger charge is -2.30. The normalized spacial score (nSPS) is 21.5. The van der Waals surface area contributed by atoms with Gasteiger partial charge in [-0.1, -0.05) is 0 Å². The van der Waals surface area contributed by atoms with E-state index >= 15 is 0 Å². The number of carboxylic acid groups (broad SMARTS) is 1. The van der Waals surface area contributed by atoms with Crippen LogP contribution in [0.2, 0.25) is 0 Å². The Hall–Kier alpha value is -1.45. The van der Waals surface area contributed by atoms with E-state index < -0.39 is 22.1 Å². The minimum atomic E-state index is -3.75. The number of hydrogen-bond acceptors (Lipinski definition) is 5. The fraction of sp³-hybridized carbons (Fsp3) is 0.600. The highest BCUT2D eigenvalue weighted by molar-refractivity contribution is 7.89. The Bertz CT molecular complexity index is 575. The van der Waals surface area contributed by atoms with E-state index in [2.05, 4.69) is 10.2 Å². The lowest BCUT2D eigenvalue weighted by molar-refractivity contribution is -0.153. The number of hydrogen-bond donors (Lipinski definition) is 2. The van der Waals surface area contributed by atoms with E-state index in [0.29, 0.717) is 11.4 Å². The van der Waals surface area contributed by atoms with E-state index in [1.165, 1.54) is 0 Å². The van der Waals surface area contributed by atoms with Crippen molar-refractivity contribution in [2.75, 3.05) is 19.7 Å². The summed E-state index contributed by atoms with van der Waals surface area (Å²) in [6, 6.07) is 0. The van der Waals surface area contributed by atoms with Crippen LogP contribution < -0.4 is 0 Å². The molecule has 1 aliphatic rings. The summed E-state index contributed by atoms with van der Waals surface area (Å²) in [5.74, 6) is -1.17. The summed E-state index contributed by atoms with van der Waals surface area (Å²) in [6.45, 7) is 3.21. The molecule has 9 heteroatoms. The van der Waals surface area contributed by atoms with Crippen molar-refractivity contribution in [1.82, 2.24) is 14.5 Å². The maximum atomic E-state index is 12.5. The number of aromatic amines is 1. The molecule has 1 aliphatic heterocycles. The van der Waals surface area contributed by atoms with Crippen molar-refractivity contribution >= 4 is 16.0 Å². The number of carbonyl (C=O) groups is 1. The average Bonchev–Trinajstić information content (AvgIpc) is 2.69. The van der Waals surface area contributed by atoms with Crippen molar-refractivity contribution in [2.45, 2.75) is 24.8 Å². The summed E-state index contributed by atoms with van der Waals surface area (Å²) in [6.07, 6.45) is -1.13. The van der Waals surface area contributed by atoms with Crippen LogP contribution in [0, 0.1) is 13.8 Å². The second-order valence-electron chi connectivity index (χ2n) is 4.32. The van der Waals surface area contributed by atoms with E-state index in [9.17, 15) is 13.2 Å². The lowest BCUT2D eigenvalue weighted by atomic mass is 10.3. The molecule has 1 aromatic rings. The first-order valence-corrected chi connectivity index (χ1v) is 7.14. The highest BCUT2D eigenvalue weighted by Crippen LogP contribution is 2.23. The molecular weight excluding hydrogens is 274 g/mol. The van der Waals surface area contributed by atoms with Crippen molar-refractivity contribution in [2.24, 2.45) is 0 Å². The number of aromatic nitrogens is 2. The Labute approximate surface area is 110 Å². The SMILES string of the molecule is Cc1n[nH]c(C)c1S(=O)(=O)N1CCOC(C(=O)O)C1. The number of aryl methyl sites for hydroxylation is 2. The van der Waals surface area contributed by atoms with Crippen LogP contribution in [-0.2, 0) is 19.6 Å². The van der Waals surface area contributed by atoms with Crippen LogP contribution >= 0.6 is 0 Å². The first kappa shape index (κ1) is 14.0. The molecule has 1 aromatic heterocycles. The number of nitrogens with one attached hydrogen (secondary N) is 1. The smallest absolute Gasteiger partial charge is 0.334 e. The van der Waals surface area contributed by atoms with E-state index in [0.717, 1.165) is 4.31 Å². The third-order valence-electron chi connectivity index (χ3n) is 2.96. The molecule has 8 nitrogen and oxygen atoms in total. The summed E-state index contributed by atoms with van der Waals surface area (Å²) >= 11 is 0. The number of rotatable bonds is 3. The zero-order valence-electron chi connectivity index (χ0n) is 10.6. The monoisotopic (exact) mass is 289 g/mol. The van der Waals surface area contributed by atoms with Gasteiger partial charge in [-0.2, -0.15) is 9.40 Å². The van der Waals surface area contributed by atoms with Gasteiger partial charge in [-0.3, -0.25) is 5.10 Å². The third-order valence-corrected chi connectivity index (χ3v) is 5.09. The highest BCUT2D eigenvalue weighted by Gasteiger charge is 2.36. The van der Waals surface area contributed by atoms with Gasteiger partial charge in [0.2, 0.25) is 10.0 Å². The second-order valence-corrected chi connectivity index (χ2v) is 6.20. The quantitative estimate of drug-likeness (QED) is 0.775.